The first-order chi connectivity index (χ1) is 8.79. The van der Waals surface area contributed by atoms with Crippen molar-refractivity contribution < 1.29 is 4.79 Å². The van der Waals surface area contributed by atoms with Gasteiger partial charge in [-0.25, -0.2) is 4.98 Å². The van der Waals surface area contributed by atoms with E-state index in [9.17, 15) is 4.79 Å². The third-order valence-electron chi connectivity index (χ3n) is 2.83. The highest BCUT2D eigenvalue weighted by Crippen LogP contribution is 2.31. The Hall–Kier alpha value is -1.94. The molecule has 1 heterocycles. The molecule has 0 radical (unpaired) electrons. The number of aromatic nitrogens is 2. The number of carbonyl (C=O) groups excluding carboxylic acids is 1. The number of carbonyl (C=O) groups is 1. The van der Waals surface area contributed by atoms with Gasteiger partial charge in [-0.15, -0.1) is 0 Å². The van der Waals surface area contributed by atoms with Crippen molar-refractivity contribution in [1.82, 2.24) is 9.97 Å². The topological polar surface area (TPSA) is 45.8 Å². The second kappa shape index (κ2) is 4.38. The maximum absolute atomic E-state index is 10.8. The lowest BCUT2D eigenvalue weighted by molar-refractivity contribution is 0.111. The molecule has 0 bridgehead atoms. The normalized spacial score (nSPS) is 10.7. The van der Waals surface area contributed by atoms with E-state index >= 15 is 0 Å². The maximum Gasteiger partial charge on any atom is 0.185 e. The molecule has 0 atom stereocenters. The molecule has 0 unspecified atom stereocenters. The largest absolute Gasteiger partial charge is 0.330 e. The average molecular weight is 301 g/mol. The molecule has 3 nitrogen and oxygen atoms in total. The van der Waals surface area contributed by atoms with Crippen LogP contribution in [-0.4, -0.2) is 16.3 Å². The Labute approximate surface area is 112 Å². The smallest absolute Gasteiger partial charge is 0.185 e. The Morgan fingerprint density at radius 2 is 1.89 bits per heavy atom. The molecule has 1 aromatic heterocycles. The highest BCUT2D eigenvalue weighted by atomic mass is 79.9. The lowest BCUT2D eigenvalue weighted by Gasteiger charge is -2.04. The lowest BCUT2D eigenvalue weighted by atomic mass is 10.0. The number of halogens is 1. The van der Waals surface area contributed by atoms with Crippen LogP contribution in [0.1, 0.15) is 10.6 Å². The zero-order chi connectivity index (χ0) is 12.5. The summed E-state index contributed by atoms with van der Waals surface area (Å²) >= 11 is 3.40. The number of hydrogen-bond donors (Lipinski definition) is 1. The Morgan fingerprint density at radius 1 is 1.11 bits per heavy atom. The molecule has 3 aromatic rings. The van der Waals surface area contributed by atoms with Gasteiger partial charge in [-0.3, -0.25) is 4.79 Å². The summed E-state index contributed by atoms with van der Waals surface area (Å²) in [6.45, 7) is 0. The molecule has 0 amide bonds. The SMILES string of the molecule is O=Cc1nc(-c2cccc3ccccc23)c(Br)[nH]1. The van der Waals surface area contributed by atoms with Crippen molar-refractivity contribution in [2.24, 2.45) is 0 Å². The van der Waals surface area contributed by atoms with Gasteiger partial charge in [0.05, 0.1) is 0 Å². The maximum atomic E-state index is 10.8. The van der Waals surface area contributed by atoms with Crippen LogP contribution >= 0.6 is 15.9 Å². The molecule has 18 heavy (non-hydrogen) atoms. The zero-order valence-electron chi connectivity index (χ0n) is 9.35. The standard InChI is InChI=1S/C14H9BrN2O/c15-14-13(16-12(8-18)17-14)11-7-3-5-9-4-1-2-6-10(9)11/h1-8H,(H,16,17). The summed E-state index contributed by atoms with van der Waals surface area (Å²) in [7, 11) is 0. The van der Waals surface area contributed by atoms with Crippen molar-refractivity contribution in [2.75, 3.05) is 0 Å². The molecule has 0 spiro atoms. The Balaban J connectivity index is 2.31. The van der Waals surface area contributed by atoms with Crippen molar-refractivity contribution in [3.05, 3.63) is 52.9 Å². The van der Waals surface area contributed by atoms with Crippen LogP contribution in [0.25, 0.3) is 22.0 Å². The Bertz CT molecular complexity index is 728. The minimum absolute atomic E-state index is 0.324. The number of nitrogens with zero attached hydrogens (tertiary/aromatic N) is 1. The van der Waals surface area contributed by atoms with E-state index in [1.54, 1.807) is 0 Å². The molecule has 4 heteroatoms. The molecule has 0 saturated carbocycles. The van der Waals surface area contributed by atoms with Crippen LogP contribution in [0.4, 0.5) is 0 Å². The number of imidazole rings is 1. The molecular weight excluding hydrogens is 292 g/mol. The fourth-order valence-electron chi connectivity index (χ4n) is 2.04. The zero-order valence-corrected chi connectivity index (χ0v) is 10.9. The molecule has 0 aliphatic heterocycles. The predicted octanol–water partition coefficient (Wildman–Crippen LogP) is 3.80. The fraction of sp³-hybridized carbons (Fsp3) is 0. The van der Waals surface area contributed by atoms with E-state index in [2.05, 4.69) is 38.0 Å². The second-order valence-electron chi connectivity index (χ2n) is 3.93. The van der Waals surface area contributed by atoms with Gasteiger partial charge in [0, 0.05) is 5.56 Å². The first-order valence-corrected chi connectivity index (χ1v) is 6.27. The van der Waals surface area contributed by atoms with Gasteiger partial charge in [-0.1, -0.05) is 42.5 Å². The lowest BCUT2D eigenvalue weighted by Crippen LogP contribution is -1.83. The third-order valence-corrected chi connectivity index (χ3v) is 3.41. The van der Waals surface area contributed by atoms with Gasteiger partial charge in [-0.05, 0) is 26.7 Å². The van der Waals surface area contributed by atoms with Gasteiger partial charge >= 0.3 is 0 Å². The van der Waals surface area contributed by atoms with E-state index in [1.807, 2.05) is 30.3 Å². The van der Waals surface area contributed by atoms with Gasteiger partial charge in [0.2, 0.25) is 0 Å². The van der Waals surface area contributed by atoms with E-state index in [-0.39, 0.29) is 0 Å². The van der Waals surface area contributed by atoms with Gasteiger partial charge < -0.3 is 4.98 Å². The first-order valence-electron chi connectivity index (χ1n) is 5.48. The van der Waals surface area contributed by atoms with Crippen molar-refractivity contribution in [3.63, 3.8) is 0 Å². The Morgan fingerprint density at radius 3 is 2.67 bits per heavy atom. The number of H-pyrrole nitrogens is 1. The van der Waals surface area contributed by atoms with E-state index < -0.39 is 0 Å². The molecular formula is C14H9BrN2O. The summed E-state index contributed by atoms with van der Waals surface area (Å²) < 4.78 is 0.723. The predicted molar refractivity (Wildman–Crippen MR) is 74.6 cm³/mol. The van der Waals surface area contributed by atoms with Crippen molar-refractivity contribution in [2.45, 2.75) is 0 Å². The number of fused-ring (bicyclic) bond motifs is 1. The fourth-order valence-corrected chi connectivity index (χ4v) is 2.54. The molecule has 0 aliphatic rings. The number of aldehydes is 1. The van der Waals surface area contributed by atoms with Crippen LogP contribution in [0.2, 0.25) is 0 Å². The molecule has 2 aromatic carbocycles. The van der Waals surface area contributed by atoms with Crippen molar-refractivity contribution >= 4 is 33.0 Å². The monoisotopic (exact) mass is 300 g/mol. The number of aromatic amines is 1. The van der Waals surface area contributed by atoms with Crippen LogP contribution in [0.5, 0.6) is 0 Å². The highest BCUT2D eigenvalue weighted by molar-refractivity contribution is 9.10. The van der Waals surface area contributed by atoms with Gasteiger partial charge in [0.25, 0.3) is 0 Å². The molecule has 0 fully saturated rings. The molecule has 0 aliphatic carbocycles. The van der Waals surface area contributed by atoms with Crippen LogP contribution in [0.15, 0.2) is 47.1 Å². The molecule has 88 valence electrons. The summed E-state index contributed by atoms with van der Waals surface area (Å²) in [5, 5.41) is 2.27. The quantitative estimate of drug-likeness (QED) is 0.732. The first kappa shape index (κ1) is 11.2. The number of benzene rings is 2. The van der Waals surface area contributed by atoms with Crippen LogP contribution in [0.3, 0.4) is 0 Å². The van der Waals surface area contributed by atoms with E-state index in [0.717, 1.165) is 26.6 Å². The van der Waals surface area contributed by atoms with Gasteiger partial charge in [0.1, 0.15) is 10.3 Å². The van der Waals surface area contributed by atoms with Gasteiger partial charge in [-0.2, -0.15) is 0 Å². The summed E-state index contributed by atoms with van der Waals surface area (Å²) in [5.74, 6) is 0.324. The highest BCUT2D eigenvalue weighted by Gasteiger charge is 2.12. The molecule has 1 N–H and O–H groups in total. The van der Waals surface area contributed by atoms with Crippen LogP contribution in [0, 0.1) is 0 Å². The number of hydrogen-bond acceptors (Lipinski definition) is 2. The summed E-state index contributed by atoms with van der Waals surface area (Å²) in [6, 6.07) is 14.1. The minimum atomic E-state index is 0.324. The summed E-state index contributed by atoms with van der Waals surface area (Å²) in [4.78, 5) is 17.9. The third kappa shape index (κ3) is 1.75. The average Bonchev–Trinajstić information content (AvgIpc) is 2.79. The molecule has 3 rings (SSSR count). The molecule has 0 saturated heterocycles. The van der Waals surface area contributed by atoms with Crippen molar-refractivity contribution in [1.29, 1.82) is 0 Å². The van der Waals surface area contributed by atoms with Crippen molar-refractivity contribution in [3.8, 4) is 11.3 Å². The van der Waals surface area contributed by atoms with E-state index in [0.29, 0.717) is 12.1 Å². The Kier molecular flexibility index (Phi) is 2.72. The van der Waals surface area contributed by atoms with Gasteiger partial charge in [0.15, 0.2) is 12.1 Å². The minimum Gasteiger partial charge on any atom is -0.330 e. The van der Waals surface area contributed by atoms with Crippen LogP contribution < -0.4 is 0 Å². The van der Waals surface area contributed by atoms with E-state index in [4.69, 9.17) is 0 Å². The summed E-state index contributed by atoms with van der Waals surface area (Å²) in [6.07, 6.45) is 0.708. The summed E-state index contributed by atoms with van der Waals surface area (Å²) in [5.41, 5.74) is 1.76. The van der Waals surface area contributed by atoms with E-state index in [1.165, 1.54) is 0 Å². The van der Waals surface area contributed by atoms with Crippen LogP contribution in [-0.2, 0) is 0 Å². The number of rotatable bonds is 2. The second-order valence-corrected chi connectivity index (χ2v) is 4.72. The number of nitrogens with one attached hydrogen (secondary N) is 1.